The second-order valence-corrected chi connectivity index (χ2v) is 14.0. The van der Waals surface area contributed by atoms with Crippen molar-refractivity contribution < 1.29 is 19.8 Å². The Labute approximate surface area is 204 Å². The second-order valence-electron chi connectivity index (χ2n) is 7.71. The molecule has 0 aliphatic carbocycles. The van der Waals surface area contributed by atoms with Crippen molar-refractivity contribution in [2.24, 2.45) is 0 Å². The van der Waals surface area contributed by atoms with E-state index in [9.17, 15) is 19.8 Å². The molecule has 33 heavy (non-hydrogen) atoms. The molecular weight excluding hydrogens is 522 g/mol. The van der Waals surface area contributed by atoms with Crippen LogP contribution in [0.15, 0.2) is 91.0 Å². The molecule has 0 saturated carbocycles. The van der Waals surface area contributed by atoms with Gasteiger partial charge in [0.2, 0.25) is 0 Å². The molecule has 0 atom stereocenters. The van der Waals surface area contributed by atoms with Gasteiger partial charge in [-0.05, 0) is 25.7 Å². The van der Waals surface area contributed by atoms with E-state index >= 15 is 0 Å². The molecule has 0 heterocycles. The number of carboxylic acids is 2. The Kier molecular flexibility index (Phi) is 13.0. The maximum absolute atomic E-state index is 10.0. The van der Waals surface area contributed by atoms with E-state index in [2.05, 4.69) is 91.0 Å². The molecule has 0 spiro atoms. The molecule has 0 amide bonds. The van der Waals surface area contributed by atoms with Gasteiger partial charge in [-0.1, -0.05) is 25.7 Å². The van der Waals surface area contributed by atoms with Gasteiger partial charge in [0.15, 0.2) is 0 Å². The van der Waals surface area contributed by atoms with Crippen LogP contribution in [0, 0.1) is 0 Å². The maximum atomic E-state index is 10.0. The molecule has 0 saturated heterocycles. The van der Waals surface area contributed by atoms with Gasteiger partial charge in [-0.15, -0.1) is 0 Å². The van der Waals surface area contributed by atoms with Gasteiger partial charge in [-0.2, -0.15) is 0 Å². The summed E-state index contributed by atoms with van der Waals surface area (Å²) in [5, 5.41) is 20.1. The van der Waals surface area contributed by atoms with E-state index in [0.29, 0.717) is 12.8 Å². The van der Waals surface area contributed by atoms with Crippen LogP contribution in [0.3, 0.4) is 0 Å². The van der Waals surface area contributed by atoms with Crippen molar-refractivity contribution in [2.75, 3.05) is 0 Å². The van der Waals surface area contributed by atoms with E-state index in [1.165, 1.54) is 10.5 Å². The van der Waals surface area contributed by atoms with Crippen LogP contribution in [-0.2, 0) is 9.59 Å². The normalized spacial score (nSPS) is 10.1. The van der Waals surface area contributed by atoms with E-state index < -0.39 is 32.1 Å². The second kappa shape index (κ2) is 16.1. The van der Waals surface area contributed by atoms with Crippen LogP contribution in [0.2, 0.25) is 0 Å². The number of carbonyl (C=O) groups is 2. The third-order valence-corrected chi connectivity index (χ3v) is 12.0. The molecule has 0 aliphatic heterocycles. The Balaban J connectivity index is 0.000000248. The minimum absolute atomic E-state index is 0.124. The molecule has 0 radical (unpaired) electrons. The fraction of sp³-hybridized carbons (Fsp3) is 0.286. The first-order valence-corrected chi connectivity index (χ1v) is 15.3. The number of hydrogen-bond acceptors (Lipinski definition) is 4. The Hall–Kier alpha value is -2.58. The average Bonchev–Trinajstić information content (AvgIpc) is 2.83. The first-order chi connectivity index (χ1) is 16.1. The van der Waals surface area contributed by atoms with Crippen molar-refractivity contribution in [1.29, 1.82) is 0 Å². The van der Waals surface area contributed by atoms with Gasteiger partial charge in [0, 0.05) is 11.9 Å². The summed E-state index contributed by atoms with van der Waals surface area (Å²) in [6, 6.07) is 32.9. The monoisotopic (exact) mass is 552 g/mol. The van der Waals surface area contributed by atoms with Gasteiger partial charge in [-0.25, -0.2) is 0 Å². The Bertz CT molecular complexity index is 816. The summed E-state index contributed by atoms with van der Waals surface area (Å²) in [4.78, 5) is 20.1. The van der Waals surface area contributed by atoms with Crippen molar-refractivity contribution >= 4 is 42.7 Å². The first kappa shape index (κ1) is 26.7. The molecule has 0 aromatic heterocycles. The fourth-order valence-corrected chi connectivity index (χ4v) is 10.0. The molecule has 0 bridgehead atoms. The van der Waals surface area contributed by atoms with Crippen LogP contribution >= 0.6 is 0 Å². The van der Waals surface area contributed by atoms with E-state index in [4.69, 9.17) is 0 Å². The molecule has 0 fully saturated rings. The summed E-state index contributed by atoms with van der Waals surface area (Å²) >= 11 is -1.83. The van der Waals surface area contributed by atoms with E-state index in [-0.39, 0.29) is 12.8 Å². The van der Waals surface area contributed by atoms with E-state index in [1.807, 2.05) is 0 Å². The molecule has 3 aromatic rings. The van der Waals surface area contributed by atoms with Crippen LogP contribution in [-0.4, -0.2) is 32.1 Å². The van der Waals surface area contributed by atoms with Crippen LogP contribution in [0.25, 0.3) is 0 Å². The Morgan fingerprint density at radius 1 is 0.485 bits per heavy atom. The van der Waals surface area contributed by atoms with Crippen LogP contribution in [0.4, 0.5) is 0 Å². The molecule has 4 nitrogen and oxygen atoms in total. The number of rotatable bonds is 12. The molecule has 3 rings (SSSR count). The number of carbonyl (C=O) groups excluding carboxylic acids is 2. The van der Waals surface area contributed by atoms with E-state index in [0.717, 1.165) is 25.7 Å². The van der Waals surface area contributed by atoms with Gasteiger partial charge in [0.1, 0.15) is 0 Å². The first-order valence-electron chi connectivity index (χ1n) is 11.4. The Morgan fingerprint density at radius 2 is 0.758 bits per heavy atom. The van der Waals surface area contributed by atoms with E-state index in [1.54, 1.807) is 0 Å². The molecule has 0 aliphatic rings. The summed E-state index contributed by atoms with van der Waals surface area (Å²) in [6.07, 6.45) is 5.23. The van der Waals surface area contributed by atoms with Crippen molar-refractivity contribution in [3.05, 3.63) is 91.0 Å². The number of unbranched alkanes of at least 4 members (excludes halogenated alkanes) is 5. The van der Waals surface area contributed by atoms with Gasteiger partial charge >= 0.3 is 122 Å². The van der Waals surface area contributed by atoms with Crippen molar-refractivity contribution in [3.63, 3.8) is 0 Å². The summed E-state index contributed by atoms with van der Waals surface area (Å²) in [5.41, 5.74) is 0. The standard InChI is InChI=1S/C10H18O4.3C6H5.Sb/c11-9(12)7-5-3-1-2-4-6-8-10(13)14;3*1-2-4-6-5-3-1;/h1-8H2,(H,11,12)(H,13,14);3*1-5H;/q;;;;+2/p-2. The third-order valence-electron chi connectivity index (χ3n) is 5.05. The molecule has 0 unspecified atom stereocenters. The molecule has 0 N–H and O–H groups in total. The quantitative estimate of drug-likeness (QED) is 0.253. The molecule has 5 heteroatoms. The fourth-order valence-electron chi connectivity index (χ4n) is 3.42. The van der Waals surface area contributed by atoms with Gasteiger partial charge in [0.05, 0.1) is 0 Å². The SMILES string of the molecule is O=C([O-])CCCCCCCCC(=O)[O-].c1cc[c]([Sb+2]([c]2ccccc2)[c]2ccccc2)cc1. The van der Waals surface area contributed by atoms with Crippen molar-refractivity contribution in [1.82, 2.24) is 0 Å². The summed E-state index contributed by atoms with van der Waals surface area (Å²) < 4.78 is 4.55. The van der Waals surface area contributed by atoms with Crippen LogP contribution < -0.4 is 20.7 Å². The molecule has 172 valence electrons. The number of hydrogen-bond donors (Lipinski definition) is 0. The van der Waals surface area contributed by atoms with Gasteiger partial charge in [-0.3, -0.25) is 0 Å². The summed E-state index contributed by atoms with van der Waals surface area (Å²) in [7, 11) is 0. The van der Waals surface area contributed by atoms with Crippen LogP contribution in [0.1, 0.15) is 51.4 Å². The van der Waals surface area contributed by atoms with Crippen molar-refractivity contribution in [3.8, 4) is 0 Å². The summed E-state index contributed by atoms with van der Waals surface area (Å²) in [5.74, 6) is -2.00. The predicted molar refractivity (Wildman–Crippen MR) is 131 cm³/mol. The zero-order chi connectivity index (χ0) is 23.7. The predicted octanol–water partition coefficient (Wildman–Crippen LogP) is 1.81. The van der Waals surface area contributed by atoms with Gasteiger partial charge in [0.25, 0.3) is 0 Å². The topological polar surface area (TPSA) is 80.3 Å². The third kappa shape index (κ3) is 11.2. The molecular formula is C28H31O4Sb. The van der Waals surface area contributed by atoms with Crippen molar-refractivity contribution in [2.45, 2.75) is 51.4 Å². The number of carboxylic acid groups (broad SMARTS) is 2. The molecule has 3 aromatic carbocycles. The summed E-state index contributed by atoms with van der Waals surface area (Å²) in [6.45, 7) is 0. The number of aliphatic carboxylic acids is 2. The van der Waals surface area contributed by atoms with Crippen LogP contribution in [0.5, 0.6) is 0 Å². The number of benzene rings is 3. The Morgan fingerprint density at radius 3 is 1.03 bits per heavy atom. The zero-order valence-electron chi connectivity index (χ0n) is 18.9. The zero-order valence-corrected chi connectivity index (χ0v) is 21.5. The minimum atomic E-state index is -1.83. The van der Waals surface area contributed by atoms with Gasteiger partial charge < -0.3 is 19.8 Å². The average molecular weight is 553 g/mol.